The van der Waals surface area contributed by atoms with Crippen LogP contribution in [0.4, 0.5) is 34.1 Å². The Morgan fingerprint density at radius 2 is 0.358 bits per heavy atom. The molecule has 0 N–H and O–H groups in total. The molecule has 0 aliphatic heterocycles. The summed E-state index contributed by atoms with van der Waals surface area (Å²) in [7, 11) is 0. The Bertz CT molecular complexity index is 7030. The number of nitrogens with zero attached hydrogens (tertiary/aromatic N) is 2. The van der Waals surface area contributed by atoms with Crippen LogP contribution in [0.25, 0.3) is 111 Å². The molecule has 0 heterocycles. The fourth-order valence-electron chi connectivity index (χ4n) is 22.0. The largest absolute Gasteiger partial charge is 0.310 e. The first-order valence-electron chi connectivity index (χ1n) is 49.2. The molecule has 0 aromatic heterocycles. The van der Waals surface area contributed by atoms with Crippen LogP contribution >= 0.6 is 0 Å². The number of rotatable bonds is 12. The number of hydrogen-bond donors (Lipinski definition) is 0. The maximum atomic E-state index is 2.50. The molecule has 0 saturated carbocycles. The second kappa shape index (κ2) is 34.4. The first-order chi connectivity index (χ1) is 63.6. The lowest BCUT2D eigenvalue weighted by molar-refractivity contribution is 0.584. The molecular weight excluding hydrogens is 1650 g/mol. The smallest absolute Gasteiger partial charge is 0.0474 e. The quantitative estimate of drug-likeness (QED) is 0.120. The van der Waals surface area contributed by atoms with Crippen molar-refractivity contribution in [3.63, 3.8) is 0 Å². The van der Waals surface area contributed by atoms with Gasteiger partial charge >= 0.3 is 0 Å². The summed E-state index contributed by atoms with van der Waals surface area (Å²) < 4.78 is 0. The third-order valence-electron chi connectivity index (χ3n) is 30.7. The molecule has 0 unspecified atom stereocenters. The molecule has 137 heavy (non-hydrogen) atoms. The summed E-state index contributed by atoms with van der Waals surface area (Å²) in [5.41, 5.74) is 52.9. The minimum Gasteiger partial charge on any atom is -0.310 e. The lowest BCUT2D eigenvalue weighted by Crippen LogP contribution is -2.18. The zero-order valence-electron chi connectivity index (χ0n) is 85.1. The van der Waals surface area contributed by atoms with E-state index >= 15 is 0 Å². The average Bonchev–Trinajstić information content (AvgIpc) is 1.59. The van der Waals surface area contributed by atoms with E-state index in [9.17, 15) is 0 Å². The summed E-state index contributed by atoms with van der Waals surface area (Å²) in [6, 6.07) is 128. The lowest BCUT2D eigenvalue weighted by atomic mass is 9.78. The molecule has 20 rings (SSSR count). The van der Waals surface area contributed by atoms with Crippen molar-refractivity contribution in [3.05, 3.63) is 417 Å². The Kier molecular flexibility index (Phi) is 24.0. The Balaban J connectivity index is 0.000000187. The van der Waals surface area contributed by atoms with Crippen molar-refractivity contribution in [2.24, 2.45) is 0 Å². The van der Waals surface area contributed by atoms with Crippen LogP contribution in [0.1, 0.15) is 278 Å². The molecule has 0 fully saturated rings. The minimum atomic E-state index is -0.144. The van der Waals surface area contributed by atoms with Gasteiger partial charge in [-0.05, 0) is 337 Å². The van der Waals surface area contributed by atoms with Crippen molar-refractivity contribution in [3.8, 4) is 111 Å². The van der Waals surface area contributed by atoms with E-state index in [1.807, 2.05) is 0 Å². The zero-order chi connectivity index (χ0) is 95.7. The minimum absolute atomic E-state index is 0. The van der Waals surface area contributed by atoms with E-state index < -0.39 is 0 Å². The van der Waals surface area contributed by atoms with Gasteiger partial charge in [0.1, 0.15) is 0 Å². The van der Waals surface area contributed by atoms with Gasteiger partial charge in [-0.25, -0.2) is 0 Å². The summed E-state index contributed by atoms with van der Waals surface area (Å²) in [5.74, 6) is 0. The van der Waals surface area contributed by atoms with Gasteiger partial charge in [0.15, 0.2) is 0 Å². The number of hydrogen-bond acceptors (Lipinski definition) is 2. The SMILES string of the molecule is C.C.CC(C)(C)c1ccc(-c2ccc(N(c3ccccc3)c3cc(-c4ccc5c(c4)C(C)(C)c4cc(C(C)(C)C)ccc4-5)cc(-c4ccc5c(c4)C(C)(C)c4cc(C(C)(C)C)ccc4-5)c3)cc2)cc1.Cc1c(-c2ccc3c(c2)C(C)(C)c2cc(C(C)(C)C)ccc2-3)cc(N(c2ccccc2)c2ccc(-c3ccc(C(C)(C)C)cc3)cc2)cc1-c1ccc2c(c1)C(C)(C)c1cc(C(C)(C)C)ccc1-2. The predicted molar refractivity (Wildman–Crippen MR) is 596 cm³/mol. The van der Waals surface area contributed by atoms with Crippen molar-refractivity contribution in [2.45, 2.75) is 256 Å². The average molecular weight is 1790 g/mol. The highest BCUT2D eigenvalue weighted by Gasteiger charge is 2.42. The summed E-state index contributed by atoms with van der Waals surface area (Å²) >= 11 is 0. The molecule has 2 heteroatoms. The van der Waals surface area contributed by atoms with Gasteiger partial charge in [-0.1, -0.05) is 425 Å². The Morgan fingerprint density at radius 1 is 0.161 bits per heavy atom. The normalized spacial score (nSPS) is 14.4. The van der Waals surface area contributed by atoms with Gasteiger partial charge in [0.05, 0.1) is 0 Å². The van der Waals surface area contributed by atoms with Crippen LogP contribution in [0.2, 0.25) is 0 Å². The van der Waals surface area contributed by atoms with Gasteiger partial charge in [0.25, 0.3) is 0 Å². The molecule has 0 amide bonds. The molecule has 16 aromatic carbocycles. The van der Waals surface area contributed by atoms with Gasteiger partial charge in [-0.15, -0.1) is 0 Å². The van der Waals surface area contributed by atoms with Crippen LogP contribution in [0.3, 0.4) is 0 Å². The molecule has 0 spiro atoms. The van der Waals surface area contributed by atoms with Gasteiger partial charge < -0.3 is 9.80 Å². The maximum Gasteiger partial charge on any atom is 0.0474 e. The zero-order valence-corrected chi connectivity index (χ0v) is 85.1. The van der Waals surface area contributed by atoms with Crippen LogP contribution in [0.15, 0.2) is 334 Å². The fraction of sp³-hybridized carbons (Fsp3) is 0.289. The monoisotopic (exact) mass is 1790 g/mol. The standard InChI is InChI=1S/C67H69N.C66H67N.2CH4/c1-42-57(45-24-32-53-55-34-28-48(64(5,6)7)38-61(55)66(11,12)59(53)36-45)40-52(41-58(42)46-25-33-54-56-35-29-49(65(8,9)10)39-62(56)67(13,14)60(54)37-46)68(50-18-16-15-17-19-50)51-30-22-44(23-31-51)43-20-26-47(27-21-43)63(2,3)4;1-62(2,3)48-25-19-42(20-26-48)43-21-29-52(30-22-43)67(51-17-15-14-16-18-51)53-36-46(44-23-31-54-56-33-27-49(63(4,5)6)40-60(56)65(10,11)58(54)38-44)35-47(37-53)45-24-32-55-57-34-28-50(64(7,8)9)41-61(57)66(12,13)59(55)39-45;;/h15-41H,1-14H3;14-41H,1-13H3;2*1H4. The third kappa shape index (κ3) is 17.3. The molecule has 16 aromatic rings. The van der Waals surface area contributed by atoms with Crippen molar-refractivity contribution >= 4 is 34.1 Å². The lowest BCUT2D eigenvalue weighted by Gasteiger charge is -2.29. The molecule has 0 bridgehead atoms. The summed E-state index contributed by atoms with van der Waals surface area (Å²) in [6.07, 6.45) is 0. The van der Waals surface area contributed by atoms with Crippen molar-refractivity contribution in [1.29, 1.82) is 0 Å². The van der Waals surface area contributed by atoms with E-state index in [1.54, 1.807) is 0 Å². The van der Waals surface area contributed by atoms with E-state index in [-0.39, 0.29) is 69.0 Å². The number of anilines is 6. The van der Waals surface area contributed by atoms with E-state index in [0.717, 1.165) is 34.1 Å². The van der Waals surface area contributed by atoms with E-state index in [2.05, 4.69) is 530 Å². The van der Waals surface area contributed by atoms with Gasteiger partial charge in [0.2, 0.25) is 0 Å². The van der Waals surface area contributed by atoms with Gasteiger partial charge in [-0.2, -0.15) is 0 Å². The third-order valence-corrected chi connectivity index (χ3v) is 30.7. The summed E-state index contributed by atoms with van der Waals surface area (Å²) in [4.78, 5) is 4.88. The molecule has 0 radical (unpaired) electrons. The molecule has 4 aliphatic rings. The highest BCUT2D eigenvalue weighted by atomic mass is 15.1. The van der Waals surface area contributed by atoms with Gasteiger partial charge in [0, 0.05) is 55.8 Å². The first-order valence-corrected chi connectivity index (χ1v) is 49.2. The first kappa shape index (κ1) is 95.8. The summed E-state index contributed by atoms with van der Waals surface area (Å²) in [6.45, 7) is 63.0. The van der Waals surface area contributed by atoms with Crippen molar-refractivity contribution < 1.29 is 0 Å². The van der Waals surface area contributed by atoms with E-state index in [4.69, 9.17) is 0 Å². The molecule has 2 nitrogen and oxygen atoms in total. The van der Waals surface area contributed by atoms with E-state index in [0.29, 0.717) is 0 Å². The Morgan fingerprint density at radius 3 is 0.613 bits per heavy atom. The number of para-hydroxylation sites is 2. The van der Waals surface area contributed by atoms with Crippen LogP contribution in [0, 0.1) is 6.92 Å². The van der Waals surface area contributed by atoms with Crippen LogP contribution in [-0.4, -0.2) is 0 Å². The van der Waals surface area contributed by atoms with Crippen LogP contribution < -0.4 is 9.80 Å². The van der Waals surface area contributed by atoms with E-state index in [1.165, 1.54) is 195 Å². The summed E-state index contributed by atoms with van der Waals surface area (Å²) in [5, 5.41) is 0. The molecule has 0 saturated heterocycles. The predicted octanol–water partition coefficient (Wildman–Crippen LogP) is 38.9. The fourth-order valence-corrected chi connectivity index (χ4v) is 22.0. The molecule has 4 aliphatic carbocycles. The van der Waals surface area contributed by atoms with Crippen LogP contribution in [-0.2, 0) is 54.1 Å². The maximum absolute atomic E-state index is 2.50. The van der Waals surface area contributed by atoms with Crippen molar-refractivity contribution in [1.82, 2.24) is 0 Å². The topological polar surface area (TPSA) is 6.48 Å². The van der Waals surface area contributed by atoms with Crippen LogP contribution in [0.5, 0.6) is 0 Å². The van der Waals surface area contributed by atoms with Crippen molar-refractivity contribution in [2.75, 3.05) is 9.80 Å². The Hall–Kier alpha value is -12.9. The second-order valence-corrected chi connectivity index (χ2v) is 47.6. The Labute approximate surface area is 822 Å². The number of benzene rings is 16. The highest BCUT2D eigenvalue weighted by molar-refractivity contribution is 5.95. The van der Waals surface area contributed by atoms with Gasteiger partial charge in [-0.3, -0.25) is 0 Å². The molecule has 0 atom stereocenters. The highest BCUT2D eigenvalue weighted by Crippen LogP contribution is 2.58. The second-order valence-electron chi connectivity index (χ2n) is 47.6. The number of fused-ring (bicyclic) bond motifs is 12. The molecule has 694 valence electrons. The molecular formula is C135H144N2.